The third kappa shape index (κ3) is 5.76. The summed E-state index contributed by atoms with van der Waals surface area (Å²) in [6.07, 6.45) is 1.06. The van der Waals surface area contributed by atoms with Gasteiger partial charge in [0.05, 0.1) is 13.2 Å². The van der Waals surface area contributed by atoms with Gasteiger partial charge in [-0.05, 0) is 24.5 Å². The van der Waals surface area contributed by atoms with Crippen LogP contribution in [-0.4, -0.2) is 32.3 Å². The van der Waals surface area contributed by atoms with Gasteiger partial charge < -0.3 is 15.8 Å². The van der Waals surface area contributed by atoms with Crippen molar-refractivity contribution in [1.29, 1.82) is 0 Å². The molecule has 0 spiro atoms. The monoisotopic (exact) mass is 291 g/mol. The number of benzene rings is 1. The van der Waals surface area contributed by atoms with Crippen molar-refractivity contribution in [2.24, 2.45) is 10.7 Å². The van der Waals surface area contributed by atoms with Crippen molar-refractivity contribution < 1.29 is 4.74 Å². The highest BCUT2D eigenvalue weighted by Gasteiger charge is 2.20. The summed E-state index contributed by atoms with van der Waals surface area (Å²) in [6, 6.07) is 8.90. The zero-order valence-electron chi connectivity index (χ0n) is 13.9. The maximum atomic E-state index is 5.92. The van der Waals surface area contributed by atoms with Crippen LogP contribution < -0.4 is 11.1 Å². The van der Waals surface area contributed by atoms with E-state index in [-0.39, 0.29) is 11.5 Å². The molecule has 0 fully saturated rings. The van der Waals surface area contributed by atoms with Gasteiger partial charge in [0, 0.05) is 18.6 Å². The number of hydrogen-bond donors (Lipinski definition) is 2. The molecule has 0 heterocycles. The van der Waals surface area contributed by atoms with Gasteiger partial charge in [0.15, 0.2) is 5.96 Å². The second kappa shape index (κ2) is 8.03. The van der Waals surface area contributed by atoms with Crippen LogP contribution >= 0.6 is 0 Å². The Hall–Kier alpha value is -1.55. The summed E-state index contributed by atoms with van der Waals surface area (Å²) in [5.41, 5.74) is 8.51. The lowest BCUT2D eigenvalue weighted by molar-refractivity contribution is 0.179. The van der Waals surface area contributed by atoms with E-state index in [0.717, 1.165) is 6.42 Å². The standard InChI is InChI=1S/C17H29N3O/c1-6-14-7-9-15(10-8-14)17(3,4)12-19-16(18)20-13(2)11-21-5/h7-10,13H,6,11-12H2,1-5H3,(H3,18,19,20). The van der Waals surface area contributed by atoms with Crippen molar-refractivity contribution in [3.63, 3.8) is 0 Å². The predicted molar refractivity (Wildman–Crippen MR) is 89.8 cm³/mol. The van der Waals surface area contributed by atoms with Crippen molar-refractivity contribution in [3.05, 3.63) is 35.4 Å². The molecule has 118 valence electrons. The van der Waals surface area contributed by atoms with Crippen molar-refractivity contribution in [1.82, 2.24) is 5.32 Å². The molecule has 21 heavy (non-hydrogen) atoms. The van der Waals surface area contributed by atoms with E-state index >= 15 is 0 Å². The van der Waals surface area contributed by atoms with E-state index in [9.17, 15) is 0 Å². The number of methoxy groups -OCH3 is 1. The van der Waals surface area contributed by atoms with Crippen LogP contribution in [-0.2, 0) is 16.6 Å². The van der Waals surface area contributed by atoms with Gasteiger partial charge in [-0.15, -0.1) is 0 Å². The summed E-state index contributed by atoms with van der Waals surface area (Å²) < 4.78 is 5.07. The first-order chi connectivity index (χ1) is 9.89. The van der Waals surface area contributed by atoms with E-state index in [0.29, 0.717) is 19.1 Å². The number of ether oxygens (including phenoxy) is 1. The SMILES string of the molecule is CCc1ccc(C(C)(C)CN=C(N)NC(C)COC)cc1. The number of nitrogens with two attached hydrogens (primary N) is 1. The zero-order valence-corrected chi connectivity index (χ0v) is 13.9. The van der Waals surface area contributed by atoms with Crippen LogP contribution in [0.1, 0.15) is 38.8 Å². The topological polar surface area (TPSA) is 59.6 Å². The molecule has 0 saturated heterocycles. The molecule has 1 atom stereocenters. The zero-order chi connectivity index (χ0) is 15.9. The minimum atomic E-state index is -0.0386. The van der Waals surface area contributed by atoms with E-state index in [4.69, 9.17) is 10.5 Å². The predicted octanol–water partition coefficient (Wildman–Crippen LogP) is 2.47. The fourth-order valence-corrected chi connectivity index (χ4v) is 2.16. The van der Waals surface area contributed by atoms with E-state index in [2.05, 4.69) is 55.3 Å². The molecule has 3 N–H and O–H groups in total. The van der Waals surface area contributed by atoms with Crippen molar-refractivity contribution in [3.8, 4) is 0 Å². The molecule has 0 aliphatic carbocycles. The molecule has 1 rings (SSSR count). The maximum absolute atomic E-state index is 5.92. The van der Waals surface area contributed by atoms with E-state index < -0.39 is 0 Å². The van der Waals surface area contributed by atoms with Crippen LogP contribution in [0.25, 0.3) is 0 Å². The van der Waals surface area contributed by atoms with Gasteiger partial charge in [0.1, 0.15) is 0 Å². The Morgan fingerprint density at radius 3 is 2.48 bits per heavy atom. The average Bonchev–Trinajstić information content (AvgIpc) is 2.45. The molecule has 0 aromatic heterocycles. The van der Waals surface area contributed by atoms with Crippen LogP contribution in [0.5, 0.6) is 0 Å². The summed E-state index contributed by atoms with van der Waals surface area (Å²) in [5.74, 6) is 0.470. The minimum absolute atomic E-state index is 0.0386. The van der Waals surface area contributed by atoms with Gasteiger partial charge in [-0.2, -0.15) is 0 Å². The van der Waals surface area contributed by atoms with Gasteiger partial charge >= 0.3 is 0 Å². The normalized spacial score (nSPS) is 14.0. The number of nitrogens with one attached hydrogen (secondary N) is 1. The van der Waals surface area contributed by atoms with Gasteiger partial charge in [-0.3, -0.25) is 4.99 Å². The first-order valence-corrected chi connectivity index (χ1v) is 7.54. The Morgan fingerprint density at radius 2 is 1.95 bits per heavy atom. The smallest absolute Gasteiger partial charge is 0.188 e. The Balaban J connectivity index is 2.65. The third-order valence-corrected chi connectivity index (χ3v) is 3.60. The van der Waals surface area contributed by atoms with Crippen LogP contribution in [0.15, 0.2) is 29.3 Å². The summed E-state index contributed by atoms with van der Waals surface area (Å²) in [7, 11) is 1.68. The molecule has 1 unspecified atom stereocenters. The number of aliphatic imine (C=N–C) groups is 1. The summed E-state index contributed by atoms with van der Waals surface area (Å²) >= 11 is 0. The first kappa shape index (κ1) is 17.5. The molecular weight excluding hydrogens is 262 g/mol. The maximum Gasteiger partial charge on any atom is 0.188 e. The second-order valence-electron chi connectivity index (χ2n) is 6.14. The summed E-state index contributed by atoms with van der Waals surface area (Å²) in [5, 5.41) is 3.13. The van der Waals surface area contributed by atoms with E-state index in [1.54, 1.807) is 7.11 Å². The highest BCUT2D eigenvalue weighted by molar-refractivity contribution is 5.78. The average molecular weight is 291 g/mol. The molecule has 0 radical (unpaired) electrons. The fraction of sp³-hybridized carbons (Fsp3) is 0.588. The minimum Gasteiger partial charge on any atom is -0.383 e. The lowest BCUT2D eigenvalue weighted by Gasteiger charge is -2.24. The van der Waals surface area contributed by atoms with Crippen molar-refractivity contribution in [2.45, 2.75) is 45.6 Å². The van der Waals surface area contributed by atoms with E-state index in [1.807, 2.05) is 6.92 Å². The van der Waals surface area contributed by atoms with Crippen LogP contribution in [0.2, 0.25) is 0 Å². The molecular formula is C17H29N3O. The molecule has 1 aromatic rings. The van der Waals surface area contributed by atoms with Gasteiger partial charge in [-0.25, -0.2) is 0 Å². The number of hydrogen-bond acceptors (Lipinski definition) is 2. The Bertz CT molecular complexity index is 452. The summed E-state index contributed by atoms with van der Waals surface area (Å²) in [6.45, 7) is 9.81. The molecule has 0 bridgehead atoms. The van der Waals surface area contributed by atoms with E-state index in [1.165, 1.54) is 11.1 Å². The molecule has 0 saturated carbocycles. The molecule has 4 nitrogen and oxygen atoms in total. The molecule has 4 heteroatoms. The lowest BCUT2D eigenvalue weighted by atomic mass is 9.84. The van der Waals surface area contributed by atoms with Crippen LogP contribution in [0.3, 0.4) is 0 Å². The quantitative estimate of drug-likeness (QED) is 0.599. The third-order valence-electron chi connectivity index (χ3n) is 3.60. The highest BCUT2D eigenvalue weighted by Crippen LogP contribution is 2.23. The highest BCUT2D eigenvalue weighted by atomic mass is 16.5. The number of aryl methyl sites for hydroxylation is 1. The Kier molecular flexibility index (Phi) is 6.69. The lowest BCUT2D eigenvalue weighted by Crippen LogP contribution is -2.41. The Morgan fingerprint density at radius 1 is 1.33 bits per heavy atom. The Labute approximate surface area is 128 Å². The molecule has 1 aromatic carbocycles. The van der Waals surface area contributed by atoms with Crippen LogP contribution in [0.4, 0.5) is 0 Å². The van der Waals surface area contributed by atoms with Gasteiger partial charge in [0.2, 0.25) is 0 Å². The number of rotatable bonds is 7. The largest absolute Gasteiger partial charge is 0.383 e. The molecule has 0 aliphatic heterocycles. The second-order valence-corrected chi connectivity index (χ2v) is 6.14. The molecule has 0 amide bonds. The summed E-state index contributed by atoms with van der Waals surface area (Å²) in [4.78, 5) is 4.46. The number of nitrogens with zero attached hydrogens (tertiary/aromatic N) is 1. The van der Waals surface area contributed by atoms with Gasteiger partial charge in [0.25, 0.3) is 0 Å². The van der Waals surface area contributed by atoms with Crippen molar-refractivity contribution >= 4 is 5.96 Å². The number of guanidine groups is 1. The van der Waals surface area contributed by atoms with Crippen LogP contribution in [0, 0.1) is 0 Å². The van der Waals surface area contributed by atoms with Crippen molar-refractivity contribution in [2.75, 3.05) is 20.3 Å². The fourth-order valence-electron chi connectivity index (χ4n) is 2.16. The van der Waals surface area contributed by atoms with Gasteiger partial charge in [-0.1, -0.05) is 45.0 Å². The molecule has 0 aliphatic rings. The first-order valence-electron chi connectivity index (χ1n) is 7.54.